The summed E-state index contributed by atoms with van der Waals surface area (Å²) >= 11 is 0. The maximum Gasteiger partial charge on any atom is 0.275 e. The summed E-state index contributed by atoms with van der Waals surface area (Å²) in [5.41, 5.74) is 3.38. The fraction of sp³-hybridized carbons (Fsp3) is 0.308. The molecular weight excluding hydrogens is 430 g/mol. The number of hydrogen-bond donors (Lipinski definition) is 2. The van der Waals surface area contributed by atoms with E-state index in [9.17, 15) is 14.7 Å². The number of nitrogens with zero attached hydrogens (tertiary/aromatic N) is 4. The highest BCUT2D eigenvalue weighted by Crippen LogP contribution is 2.34. The van der Waals surface area contributed by atoms with Crippen molar-refractivity contribution < 1.29 is 9.90 Å². The third-order valence-electron chi connectivity index (χ3n) is 6.46. The van der Waals surface area contributed by atoms with Crippen LogP contribution in [0.15, 0.2) is 59.4 Å². The molecule has 0 bridgehead atoms. The first-order valence-corrected chi connectivity index (χ1v) is 11.5. The molecule has 1 fully saturated rings. The monoisotopic (exact) mass is 457 g/mol. The normalized spacial score (nSPS) is 14.7. The standard InChI is InChI=1S/C26H27N5O3/c1-17-4-10-21(11-5-17)27-22(32)16-30-18(2)14-23(33)31-25(30)28-24(29-31)20-8-6-19(7-9-20)15-26(34)12-3-13-26/h4-11,14,34H,3,12-13,15-16H2,1-2H3,(H,27,32). The largest absolute Gasteiger partial charge is 0.390 e. The first-order chi connectivity index (χ1) is 16.3. The van der Waals surface area contributed by atoms with E-state index in [2.05, 4.69) is 15.4 Å². The van der Waals surface area contributed by atoms with Crippen LogP contribution < -0.4 is 10.9 Å². The summed E-state index contributed by atoms with van der Waals surface area (Å²) in [6.07, 6.45) is 3.38. The van der Waals surface area contributed by atoms with Gasteiger partial charge in [-0.25, -0.2) is 0 Å². The number of rotatable bonds is 6. The van der Waals surface area contributed by atoms with Crippen LogP contribution in [0.2, 0.25) is 0 Å². The van der Waals surface area contributed by atoms with Crippen LogP contribution >= 0.6 is 0 Å². The Labute approximate surface area is 196 Å². The lowest BCUT2D eigenvalue weighted by atomic mass is 9.76. The molecule has 0 spiro atoms. The number of carbonyl (C=O) groups excluding carboxylic acids is 1. The van der Waals surface area contributed by atoms with Crippen LogP contribution in [0.25, 0.3) is 17.2 Å². The quantitative estimate of drug-likeness (QED) is 0.463. The van der Waals surface area contributed by atoms with Crippen LogP contribution in [0.1, 0.15) is 36.1 Å². The average Bonchev–Trinajstić information content (AvgIpc) is 3.24. The summed E-state index contributed by atoms with van der Waals surface area (Å²) in [5, 5.41) is 17.7. The Hall–Kier alpha value is -3.78. The predicted octanol–water partition coefficient (Wildman–Crippen LogP) is 3.27. The summed E-state index contributed by atoms with van der Waals surface area (Å²) in [7, 11) is 0. The van der Waals surface area contributed by atoms with Crippen molar-refractivity contribution in [3.8, 4) is 11.4 Å². The van der Waals surface area contributed by atoms with Gasteiger partial charge in [0, 0.05) is 29.4 Å². The van der Waals surface area contributed by atoms with Gasteiger partial charge in [0.15, 0.2) is 5.82 Å². The van der Waals surface area contributed by atoms with Crippen molar-refractivity contribution in [2.75, 3.05) is 5.32 Å². The van der Waals surface area contributed by atoms with Crippen molar-refractivity contribution in [2.45, 2.75) is 51.7 Å². The zero-order valence-electron chi connectivity index (χ0n) is 19.3. The number of benzene rings is 2. The van der Waals surface area contributed by atoms with Crippen molar-refractivity contribution >= 4 is 17.4 Å². The Bertz CT molecular complexity index is 1410. The molecule has 1 saturated carbocycles. The summed E-state index contributed by atoms with van der Waals surface area (Å²) in [6, 6.07) is 16.7. The zero-order valence-corrected chi connectivity index (χ0v) is 19.3. The van der Waals surface area contributed by atoms with Crippen LogP contribution in [0.4, 0.5) is 5.69 Å². The van der Waals surface area contributed by atoms with Crippen molar-refractivity contribution in [2.24, 2.45) is 0 Å². The van der Waals surface area contributed by atoms with Crippen LogP contribution in [0.3, 0.4) is 0 Å². The topological polar surface area (TPSA) is 102 Å². The van der Waals surface area contributed by atoms with E-state index in [1.165, 1.54) is 10.6 Å². The molecule has 1 aliphatic carbocycles. The van der Waals surface area contributed by atoms with Gasteiger partial charge in [0.1, 0.15) is 6.54 Å². The highest BCUT2D eigenvalue weighted by molar-refractivity contribution is 5.90. The van der Waals surface area contributed by atoms with E-state index >= 15 is 0 Å². The van der Waals surface area contributed by atoms with Gasteiger partial charge in [-0.05, 0) is 50.8 Å². The number of aromatic nitrogens is 4. The lowest BCUT2D eigenvalue weighted by Gasteiger charge is -2.36. The minimum absolute atomic E-state index is 0.000850. The van der Waals surface area contributed by atoms with Gasteiger partial charge in [0.25, 0.3) is 5.56 Å². The molecule has 2 aromatic carbocycles. The molecule has 2 N–H and O–H groups in total. The Morgan fingerprint density at radius 2 is 1.79 bits per heavy atom. The van der Waals surface area contributed by atoms with Crippen molar-refractivity contribution in [3.05, 3.63) is 81.8 Å². The third kappa shape index (κ3) is 4.36. The second kappa shape index (κ2) is 8.53. The maximum absolute atomic E-state index is 12.7. The third-order valence-corrected chi connectivity index (χ3v) is 6.46. The smallest absolute Gasteiger partial charge is 0.275 e. The van der Waals surface area contributed by atoms with Crippen LogP contribution in [-0.2, 0) is 17.8 Å². The molecule has 0 unspecified atom stereocenters. The lowest BCUT2D eigenvalue weighted by molar-refractivity contribution is -0.116. The number of carbonyl (C=O) groups is 1. The van der Waals surface area contributed by atoms with Crippen LogP contribution in [-0.4, -0.2) is 35.8 Å². The summed E-state index contributed by atoms with van der Waals surface area (Å²) < 4.78 is 2.91. The second-order valence-corrected chi connectivity index (χ2v) is 9.22. The minimum atomic E-state index is -0.581. The van der Waals surface area contributed by atoms with E-state index in [0.717, 1.165) is 36.0 Å². The van der Waals surface area contributed by atoms with Crippen LogP contribution in [0.5, 0.6) is 0 Å². The van der Waals surface area contributed by atoms with Gasteiger partial charge in [0.2, 0.25) is 11.7 Å². The molecule has 1 aliphatic rings. The highest BCUT2D eigenvalue weighted by Gasteiger charge is 2.34. The number of anilines is 1. The fourth-order valence-corrected chi connectivity index (χ4v) is 4.31. The van der Waals surface area contributed by atoms with Gasteiger partial charge in [-0.1, -0.05) is 42.0 Å². The number of hydrogen-bond acceptors (Lipinski definition) is 5. The molecule has 2 heterocycles. The second-order valence-electron chi connectivity index (χ2n) is 9.22. The summed E-state index contributed by atoms with van der Waals surface area (Å²) in [5.74, 6) is 0.497. The Kier molecular flexibility index (Phi) is 5.53. The van der Waals surface area contributed by atoms with Gasteiger partial charge in [-0.2, -0.15) is 9.50 Å². The molecular formula is C26H27N5O3. The molecule has 0 aliphatic heterocycles. The van der Waals surface area contributed by atoms with Gasteiger partial charge in [0.05, 0.1) is 5.60 Å². The van der Waals surface area contributed by atoms with Gasteiger partial charge >= 0.3 is 0 Å². The number of aliphatic hydroxyl groups is 1. The van der Waals surface area contributed by atoms with Crippen molar-refractivity contribution in [3.63, 3.8) is 0 Å². The number of fused-ring (bicyclic) bond motifs is 1. The first kappa shape index (κ1) is 22.0. The fourth-order valence-electron chi connectivity index (χ4n) is 4.31. The average molecular weight is 458 g/mol. The Balaban J connectivity index is 1.41. The predicted molar refractivity (Wildman–Crippen MR) is 130 cm³/mol. The van der Waals surface area contributed by atoms with E-state index in [1.54, 1.807) is 11.5 Å². The first-order valence-electron chi connectivity index (χ1n) is 11.5. The van der Waals surface area contributed by atoms with E-state index in [0.29, 0.717) is 29.4 Å². The van der Waals surface area contributed by atoms with Crippen molar-refractivity contribution in [1.82, 2.24) is 19.2 Å². The van der Waals surface area contributed by atoms with E-state index in [-0.39, 0.29) is 18.0 Å². The Morgan fingerprint density at radius 1 is 1.09 bits per heavy atom. The van der Waals surface area contributed by atoms with Gasteiger partial charge < -0.3 is 15.0 Å². The molecule has 5 rings (SSSR count). The van der Waals surface area contributed by atoms with Gasteiger partial charge in [-0.15, -0.1) is 5.10 Å². The lowest BCUT2D eigenvalue weighted by Crippen LogP contribution is -2.38. The molecule has 0 saturated heterocycles. The van der Waals surface area contributed by atoms with E-state index < -0.39 is 5.60 Å². The SMILES string of the molecule is Cc1ccc(NC(=O)Cn2c(C)cc(=O)n3nc(-c4ccc(CC5(O)CCC5)cc4)nc23)cc1. The molecule has 8 nitrogen and oxygen atoms in total. The number of nitrogens with one attached hydrogen (secondary N) is 1. The number of aryl methyl sites for hydroxylation is 2. The Morgan fingerprint density at radius 3 is 2.44 bits per heavy atom. The molecule has 8 heteroatoms. The molecule has 2 aromatic heterocycles. The summed E-state index contributed by atoms with van der Waals surface area (Å²) in [6.45, 7) is 3.76. The minimum Gasteiger partial charge on any atom is -0.390 e. The summed E-state index contributed by atoms with van der Waals surface area (Å²) in [4.78, 5) is 29.9. The maximum atomic E-state index is 12.7. The molecule has 0 atom stereocenters. The van der Waals surface area contributed by atoms with E-state index in [1.807, 2.05) is 55.5 Å². The molecule has 34 heavy (non-hydrogen) atoms. The zero-order chi connectivity index (χ0) is 23.9. The molecule has 0 radical (unpaired) electrons. The molecule has 174 valence electrons. The van der Waals surface area contributed by atoms with E-state index in [4.69, 9.17) is 0 Å². The molecule has 1 amide bonds. The molecule has 4 aromatic rings. The van der Waals surface area contributed by atoms with Crippen LogP contribution in [0, 0.1) is 13.8 Å². The highest BCUT2D eigenvalue weighted by atomic mass is 16.3. The number of amides is 1. The van der Waals surface area contributed by atoms with Crippen molar-refractivity contribution in [1.29, 1.82) is 0 Å². The van der Waals surface area contributed by atoms with Gasteiger partial charge in [-0.3, -0.25) is 9.59 Å².